The number of rotatable bonds is 3. The van der Waals surface area contributed by atoms with E-state index in [9.17, 15) is 4.79 Å². The number of hydrogen-bond donors (Lipinski definition) is 2. The molecule has 2 fully saturated rings. The van der Waals surface area contributed by atoms with Gasteiger partial charge >= 0.3 is 0 Å². The van der Waals surface area contributed by atoms with Gasteiger partial charge in [0, 0.05) is 40.3 Å². The number of hydrogen-bond acceptors (Lipinski definition) is 4. The molecule has 2 aliphatic heterocycles. The van der Waals surface area contributed by atoms with E-state index in [4.69, 9.17) is 0 Å². The predicted octanol–water partition coefficient (Wildman–Crippen LogP) is 3.97. The Morgan fingerprint density at radius 2 is 1.96 bits per heavy atom. The molecule has 0 aliphatic carbocycles. The van der Waals surface area contributed by atoms with Crippen LogP contribution in [0.2, 0.25) is 0 Å². The molecule has 4 nitrogen and oxygen atoms in total. The molecule has 1 aromatic carbocycles. The first-order valence-corrected chi connectivity index (χ1v) is 9.15. The van der Waals surface area contributed by atoms with E-state index in [1.165, 1.54) is 12.8 Å². The number of aryl methyl sites for hydroxylation is 1. The first-order chi connectivity index (χ1) is 11.2. The van der Waals surface area contributed by atoms with Gasteiger partial charge in [-0.3, -0.25) is 4.79 Å². The first-order valence-electron chi connectivity index (χ1n) is 8.27. The van der Waals surface area contributed by atoms with Crippen molar-refractivity contribution in [1.29, 1.82) is 0 Å². The quantitative estimate of drug-likeness (QED) is 0.820. The molecule has 7 heteroatoms. The van der Waals surface area contributed by atoms with Crippen LogP contribution in [0.1, 0.15) is 41.7 Å². The highest BCUT2D eigenvalue weighted by Gasteiger charge is 2.34. The largest absolute Gasteiger partial charge is 0.349 e. The molecule has 2 N–H and O–H groups in total. The zero-order chi connectivity index (χ0) is 15.8. The number of thiazole rings is 1. The minimum absolute atomic E-state index is 0. The monoisotopic (exact) mass is 399 g/mol. The van der Waals surface area contributed by atoms with E-state index in [1.54, 1.807) is 11.3 Å². The minimum Gasteiger partial charge on any atom is -0.349 e. The highest BCUT2D eigenvalue weighted by atomic mass is 35.5. The van der Waals surface area contributed by atoms with Crippen LogP contribution in [-0.2, 0) is 0 Å². The van der Waals surface area contributed by atoms with Crippen LogP contribution >= 0.6 is 36.2 Å². The van der Waals surface area contributed by atoms with E-state index >= 15 is 0 Å². The Kier molecular flexibility index (Phi) is 6.86. The van der Waals surface area contributed by atoms with Crippen LogP contribution < -0.4 is 10.6 Å². The van der Waals surface area contributed by atoms with Gasteiger partial charge in [0.05, 0.1) is 0 Å². The summed E-state index contributed by atoms with van der Waals surface area (Å²) in [5.41, 5.74) is 2.76. The van der Waals surface area contributed by atoms with Crippen LogP contribution in [0, 0.1) is 6.92 Å². The van der Waals surface area contributed by atoms with Crippen molar-refractivity contribution in [2.24, 2.45) is 0 Å². The van der Waals surface area contributed by atoms with E-state index in [0.717, 1.165) is 34.7 Å². The fraction of sp³-hybridized carbons (Fsp3) is 0.444. The Labute approximate surface area is 164 Å². The van der Waals surface area contributed by atoms with Crippen molar-refractivity contribution in [3.05, 3.63) is 40.9 Å². The van der Waals surface area contributed by atoms with Crippen molar-refractivity contribution in [3.8, 4) is 10.6 Å². The third-order valence-corrected chi connectivity index (χ3v) is 5.81. The Bertz CT molecular complexity index is 725. The third kappa shape index (κ3) is 4.53. The van der Waals surface area contributed by atoms with Crippen molar-refractivity contribution in [2.45, 2.75) is 50.7 Å². The number of nitrogens with one attached hydrogen (secondary N) is 2. The van der Waals surface area contributed by atoms with Gasteiger partial charge in [-0.1, -0.05) is 12.1 Å². The van der Waals surface area contributed by atoms with Gasteiger partial charge in [0.1, 0.15) is 5.01 Å². The second-order valence-electron chi connectivity index (χ2n) is 6.65. The van der Waals surface area contributed by atoms with Crippen molar-refractivity contribution in [3.63, 3.8) is 0 Å². The molecule has 2 atom stereocenters. The summed E-state index contributed by atoms with van der Waals surface area (Å²) in [7, 11) is 0. The summed E-state index contributed by atoms with van der Waals surface area (Å²) in [6.45, 7) is 1.99. The highest BCUT2D eigenvalue weighted by Crippen LogP contribution is 2.27. The van der Waals surface area contributed by atoms with Gasteiger partial charge in [-0.15, -0.1) is 36.2 Å². The molecule has 2 unspecified atom stereocenters. The summed E-state index contributed by atoms with van der Waals surface area (Å²) in [6, 6.07) is 9.25. The summed E-state index contributed by atoms with van der Waals surface area (Å²) in [4.78, 5) is 17.1. The molecule has 2 saturated heterocycles. The molecule has 0 spiro atoms. The lowest BCUT2D eigenvalue weighted by molar-refractivity contribution is 0.0924. The fourth-order valence-electron chi connectivity index (χ4n) is 3.72. The van der Waals surface area contributed by atoms with Crippen LogP contribution in [0.4, 0.5) is 0 Å². The predicted molar refractivity (Wildman–Crippen MR) is 107 cm³/mol. The molecule has 0 radical (unpaired) electrons. The highest BCUT2D eigenvalue weighted by molar-refractivity contribution is 7.13. The molecule has 2 aliphatic rings. The molecule has 3 heterocycles. The number of benzene rings is 1. The van der Waals surface area contributed by atoms with Crippen LogP contribution in [0.25, 0.3) is 10.6 Å². The Morgan fingerprint density at radius 1 is 1.24 bits per heavy atom. The molecule has 1 aromatic heterocycles. The van der Waals surface area contributed by atoms with Gasteiger partial charge < -0.3 is 10.6 Å². The van der Waals surface area contributed by atoms with E-state index in [-0.39, 0.29) is 30.7 Å². The molecule has 2 bridgehead atoms. The fourth-order valence-corrected chi connectivity index (χ4v) is 4.52. The van der Waals surface area contributed by atoms with Gasteiger partial charge in [0.2, 0.25) is 0 Å². The van der Waals surface area contributed by atoms with Gasteiger partial charge in [0.15, 0.2) is 0 Å². The second kappa shape index (κ2) is 8.49. The van der Waals surface area contributed by atoms with Crippen LogP contribution in [0.3, 0.4) is 0 Å². The van der Waals surface area contributed by atoms with Crippen LogP contribution in [0.5, 0.6) is 0 Å². The number of fused-ring (bicyclic) bond motifs is 2. The molecule has 4 rings (SSSR count). The smallest absolute Gasteiger partial charge is 0.251 e. The van der Waals surface area contributed by atoms with E-state index < -0.39 is 0 Å². The van der Waals surface area contributed by atoms with Crippen molar-refractivity contribution in [1.82, 2.24) is 15.6 Å². The third-order valence-electron chi connectivity index (χ3n) is 4.80. The molecule has 1 amide bonds. The summed E-state index contributed by atoms with van der Waals surface area (Å²) >= 11 is 1.62. The van der Waals surface area contributed by atoms with E-state index in [1.807, 2.05) is 36.6 Å². The van der Waals surface area contributed by atoms with Gasteiger partial charge in [-0.2, -0.15) is 0 Å². The average molecular weight is 400 g/mol. The lowest BCUT2D eigenvalue weighted by Crippen LogP contribution is -2.48. The SMILES string of the molecule is Cc1csc(-c2cccc(C(=O)NC3CC4CCC(C3)N4)c2)n1.Cl.Cl. The summed E-state index contributed by atoms with van der Waals surface area (Å²) < 4.78 is 0. The lowest BCUT2D eigenvalue weighted by Gasteiger charge is -2.29. The maximum atomic E-state index is 12.6. The van der Waals surface area contributed by atoms with Gasteiger partial charge in [-0.05, 0) is 44.7 Å². The lowest BCUT2D eigenvalue weighted by atomic mass is 9.99. The van der Waals surface area contributed by atoms with Crippen molar-refractivity contribution in [2.75, 3.05) is 0 Å². The molecular formula is C18H23Cl2N3OS. The number of carbonyl (C=O) groups excluding carboxylic acids is 1. The number of aromatic nitrogens is 1. The normalized spacial score (nSPS) is 24.1. The average Bonchev–Trinajstić information content (AvgIpc) is 3.13. The standard InChI is InChI=1S/C18H21N3OS.2ClH/c1-11-10-23-18(19-11)13-4-2-3-12(7-13)17(22)21-16-8-14-5-6-15(9-16)20-14;;/h2-4,7,10,14-16,20H,5-6,8-9H2,1H3,(H,21,22);2*1H. The minimum atomic E-state index is 0. The van der Waals surface area contributed by atoms with E-state index in [0.29, 0.717) is 18.1 Å². The van der Waals surface area contributed by atoms with Crippen LogP contribution in [-0.4, -0.2) is 29.0 Å². The zero-order valence-corrected chi connectivity index (χ0v) is 16.5. The molecule has 2 aromatic rings. The Morgan fingerprint density at radius 3 is 2.60 bits per heavy atom. The first kappa shape index (κ1) is 20.2. The van der Waals surface area contributed by atoms with E-state index in [2.05, 4.69) is 15.6 Å². The summed E-state index contributed by atoms with van der Waals surface area (Å²) in [5.74, 6) is 0.0337. The molecular weight excluding hydrogens is 377 g/mol. The maximum Gasteiger partial charge on any atom is 0.251 e. The van der Waals surface area contributed by atoms with Gasteiger partial charge in [-0.25, -0.2) is 4.98 Å². The summed E-state index contributed by atoms with van der Waals surface area (Å²) in [6.07, 6.45) is 4.59. The number of piperidine rings is 1. The summed E-state index contributed by atoms with van der Waals surface area (Å²) in [5, 5.41) is 9.84. The topological polar surface area (TPSA) is 54.0 Å². The second-order valence-corrected chi connectivity index (χ2v) is 7.51. The zero-order valence-electron chi connectivity index (χ0n) is 14.0. The number of amides is 1. The maximum absolute atomic E-state index is 12.6. The number of carbonyl (C=O) groups is 1. The van der Waals surface area contributed by atoms with Crippen LogP contribution in [0.15, 0.2) is 29.6 Å². The Balaban J connectivity index is 0.00000113. The Hall–Kier alpha value is -1.14. The van der Waals surface area contributed by atoms with Crippen molar-refractivity contribution >= 4 is 42.1 Å². The van der Waals surface area contributed by atoms with Crippen molar-refractivity contribution < 1.29 is 4.79 Å². The van der Waals surface area contributed by atoms with Gasteiger partial charge in [0.25, 0.3) is 5.91 Å². The number of halogens is 2. The molecule has 0 saturated carbocycles. The number of nitrogens with zero attached hydrogens (tertiary/aromatic N) is 1. The molecule has 136 valence electrons. The molecule has 25 heavy (non-hydrogen) atoms.